The number of nitrogens with zero attached hydrogens (tertiary/aromatic N) is 4. The second kappa shape index (κ2) is 7.06. The van der Waals surface area contributed by atoms with E-state index in [1.807, 2.05) is 0 Å². The highest BCUT2D eigenvalue weighted by Crippen LogP contribution is 2.23. The zero-order valence-electron chi connectivity index (χ0n) is 12.3. The molecule has 0 saturated carbocycles. The van der Waals surface area contributed by atoms with Crippen LogP contribution in [0.1, 0.15) is 6.42 Å². The van der Waals surface area contributed by atoms with Gasteiger partial charge in [-0.15, -0.1) is 0 Å². The van der Waals surface area contributed by atoms with Crippen LogP contribution in [-0.4, -0.2) is 73.6 Å². The molecule has 1 aromatic rings. The van der Waals surface area contributed by atoms with Gasteiger partial charge in [-0.1, -0.05) is 11.6 Å². The number of aryl methyl sites for hydroxylation is 1. The number of imidazole rings is 1. The van der Waals surface area contributed by atoms with Crippen LogP contribution in [0.25, 0.3) is 0 Å². The molecule has 1 saturated heterocycles. The number of hydrogen-bond donors (Lipinski definition) is 0. The largest absolute Gasteiger partial charge is 0.383 e. The van der Waals surface area contributed by atoms with Crippen molar-refractivity contribution in [3.05, 3.63) is 11.5 Å². The lowest BCUT2D eigenvalue weighted by Crippen LogP contribution is -2.36. The van der Waals surface area contributed by atoms with Crippen molar-refractivity contribution in [2.45, 2.75) is 11.4 Å². The molecule has 2 rings (SSSR count). The molecule has 0 N–H and O–H groups in total. The third-order valence-electron chi connectivity index (χ3n) is 3.58. The number of aromatic nitrogens is 2. The van der Waals surface area contributed by atoms with E-state index in [4.69, 9.17) is 16.3 Å². The predicted octanol–water partition coefficient (Wildman–Crippen LogP) is 0.416. The van der Waals surface area contributed by atoms with E-state index in [2.05, 4.69) is 9.88 Å². The maximum Gasteiger partial charge on any atom is 0.263 e. The molecule has 2 heterocycles. The second-order valence-corrected chi connectivity index (χ2v) is 7.25. The summed E-state index contributed by atoms with van der Waals surface area (Å²) in [5, 5.41) is 0.0903. The van der Waals surface area contributed by atoms with Crippen LogP contribution in [0, 0.1) is 0 Å². The Bertz CT molecular complexity index is 575. The zero-order chi connectivity index (χ0) is 15.5. The first kappa shape index (κ1) is 16.7. The van der Waals surface area contributed by atoms with Crippen LogP contribution in [0.3, 0.4) is 0 Å². The molecule has 9 heteroatoms. The summed E-state index contributed by atoms with van der Waals surface area (Å²) in [5.74, 6) is 0. The molecule has 1 aliphatic heterocycles. The number of hydrogen-bond acceptors (Lipinski definition) is 5. The van der Waals surface area contributed by atoms with E-state index in [0.29, 0.717) is 26.2 Å². The summed E-state index contributed by atoms with van der Waals surface area (Å²) in [4.78, 5) is 6.14. The van der Waals surface area contributed by atoms with Crippen LogP contribution in [0.2, 0.25) is 5.15 Å². The number of rotatable bonds is 5. The Morgan fingerprint density at radius 2 is 2.10 bits per heavy atom. The molecular formula is C12H21ClN4O3S. The van der Waals surface area contributed by atoms with Gasteiger partial charge in [-0.25, -0.2) is 13.4 Å². The minimum atomic E-state index is -3.63. The molecule has 1 aliphatic rings. The van der Waals surface area contributed by atoms with Crippen molar-refractivity contribution in [2.75, 3.05) is 46.4 Å². The van der Waals surface area contributed by atoms with Gasteiger partial charge in [-0.2, -0.15) is 4.31 Å². The number of methoxy groups -OCH3 is 1. The standard InChI is InChI=1S/C12H21ClN4O3S/c1-15-10-14-12(11(15)13)21(18,19)17-5-3-4-16(6-7-17)8-9-20-2/h10H,3-9H2,1-2H3. The van der Waals surface area contributed by atoms with E-state index < -0.39 is 10.0 Å². The van der Waals surface area contributed by atoms with Crippen molar-refractivity contribution >= 4 is 21.6 Å². The smallest absolute Gasteiger partial charge is 0.263 e. The van der Waals surface area contributed by atoms with Gasteiger partial charge in [0.1, 0.15) is 5.15 Å². The maximum absolute atomic E-state index is 12.6. The van der Waals surface area contributed by atoms with Crippen molar-refractivity contribution in [1.29, 1.82) is 0 Å². The van der Waals surface area contributed by atoms with E-state index >= 15 is 0 Å². The fourth-order valence-corrected chi connectivity index (χ4v) is 4.18. The van der Waals surface area contributed by atoms with Gasteiger partial charge in [0.15, 0.2) is 0 Å². The molecule has 21 heavy (non-hydrogen) atoms. The summed E-state index contributed by atoms with van der Waals surface area (Å²) in [6.07, 6.45) is 2.20. The number of sulfonamides is 1. The topological polar surface area (TPSA) is 67.7 Å². The normalized spacial score (nSPS) is 18.8. The van der Waals surface area contributed by atoms with Crippen molar-refractivity contribution < 1.29 is 13.2 Å². The van der Waals surface area contributed by atoms with Gasteiger partial charge in [0, 0.05) is 40.3 Å². The molecule has 0 spiro atoms. The lowest BCUT2D eigenvalue weighted by Gasteiger charge is -2.20. The molecule has 0 radical (unpaired) electrons. The van der Waals surface area contributed by atoms with Crippen LogP contribution in [0.4, 0.5) is 0 Å². The van der Waals surface area contributed by atoms with Crippen molar-refractivity contribution in [1.82, 2.24) is 18.8 Å². The van der Waals surface area contributed by atoms with Gasteiger partial charge in [0.2, 0.25) is 5.03 Å². The summed E-state index contributed by atoms with van der Waals surface area (Å²) >= 11 is 6.02. The first-order chi connectivity index (χ1) is 9.96. The fourth-order valence-electron chi connectivity index (χ4n) is 2.32. The Balaban J connectivity index is 2.09. The summed E-state index contributed by atoms with van der Waals surface area (Å²) in [7, 11) is -0.293. The van der Waals surface area contributed by atoms with Crippen LogP contribution < -0.4 is 0 Å². The quantitative estimate of drug-likeness (QED) is 0.779. The molecule has 0 aromatic carbocycles. The van der Waals surface area contributed by atoms with Gasteiger partial charge in [0.05, 0.1) is 12.9 Å². The molecule has 0 unspecified atom stereocenters. The van der Waals surface area contributed by atoms with E-state index in [1.54, 1.807) is 14.2 Å². The fraction of sp³-hybridized carbons (Fsp3) is 0.750. The molecule has 1 fully saturated rings. The summed E-state index contributed by atoms with van der Waals surface area (Å²) in [6, 6.07) is 0. The van der Waals surface area contributed by atoms with Crippen molar-refractivity contribution in [2.24, 2.45) is 7.05 Å². The second-order valence-electron chi connectivity index (χ2n) is 5.04. The maximum atomic E-state index is 12.6. The molecular weight excluding hydrogens is 316 g/mol. The highest BCUT2D eigenvalue weighted by atomic mass is 35.5. The van der Waals surface area contributed by atoms with Gasteiger partial charge < -0.3 is 9.30 Å². The monoisotopic (exact) mass is 336 g/mol. The van der Waals surface area contributed by atoms with Gasteiger partial charge in [0.25, 0.3) is 10.0 Å². The molecule has 0 bridgehead atoms. The van der Waals surface area contributed by atoms with Gasteiger partial charge >= 0.3 is 0 Å². The highest BCUT2D eigenvalue weighted by molar-refractivity contribution is 7.89. The molecule has 0 atom stereocenters. The SMILES string of the molecule is COCCN1CCCN(S(=O)(=O)c2ncn(C)c2Cl)CC1. The van der Waals surface area contributed by atoms with E-state index in [9.17, 15) is 8.42 Å². The van der Waals surface area contributed by atoms with Crippen LogP contribution in [0.15, 0.2) is 11.4 Å². The third-order valence-corrected chi connectivity index (χ3v) is 5.97. The summed E-state index contributed by atoms with van der Waals surface area (Å²) in [6.45, 7) is 3.95. The highest BCUT2D eigenvalue weighted by Gasteiger charge is 2.31. The van der Waals surface area contributed by atoms with E-state index in [-0.39, 0.29) is 10.2 Å². The number of halogens is 1. The Kier molecular flexibility index (Phi) is 5.61. The minimum Gasteiger partial charge on any atom is -0.383 e. The molecule has 7 nitrogen and oxygen atoms in total. The zero-order valence-corrected chi connectivity index (χ0v) is 13.9. The number of ether oxygens (including phenoxy) is 1. The average molecular weight is 337 g/mol. The summed E-state index contributed by atoms with van der Waals surface area (Å²) in [5.41, 5.74) is 0. The van der Waals surface area contributed by atoms with Crippen molar-refractivity contribution in [3.8, 4) is 0 Å². The van der Waals surface area contributed by atoms with Crippen LogP contribution in [-0.2, 0) is 21.8 Å². The molecule has 1 aromatic heterocycles. The first-order valence-electron chi connectivity index (χ1n) is 6.85. The summed E-state index contributed by atoms with van der Waals surface area (Å²) < 4.78 is 33.3. The van der Waals surface area contributed by atoms with Crippen molar-refractivity contribution in [3.63, 3.8) is 0 Å². The Morgan fingerprint density at radius 1 is 1.33 bits per heavy atom. The first-order valence-corrected chi connectivity index (χ1v) is 8.67. The van der Waals surface area contributed by atoms with E-state index in [1.165, 1.54) is 15.2 Å². The van der Waals surface area contributed by atoms with Gasteiger partial charge in [-0.3, -0.25) is 4.90 Å². The Morgan fingerprint density at radius 3 is 2.71 bits per heavy atom. The lowest BCUT2D eigenvalue weighted by atomic mass is 10.4. The van der Waals surface area contributed by atoms with Crippen LogP contribution in [0.5, 0.6) is 0 Å². The third kappa shape index (κ3) is 3.75. The Labute approximate surface area is 130 Å². The molecule has 0 amide bonds. The lowest BCUT2D eigenvalue weighted by molar-refractivity contribution is 0.151. The minimum absolute atomic E-state index is 0.0583. The Hall–Kier alpha value is -0.670. The van der Waals surface area contributed by atoms with Crippen LogP contribution >= 0.6 is 11.6 Å². The van der Waals surface area contributed by atoms with Gasteiger partial charge in [-0.05, 0) is 13.0 Å². The average Bonchev–Trinajstić information content (AvgIpc) is 2.68. The molecule has 120 valence electrons. The molecule has 0 aliphatic carbocycles. The van der Waals surface area contributed by atoms with E-state index in [0.717, 1.165) is 19.5 Å². The predicted molar refractivity (Wildman–Crippen MR) is 79.9 cm³/mol.